The lowest BCUT2D eigenvalue weighted by molar-refractivity contribution is -0.643. The van der Waals surface area contributed by atoms with Crippen LogP contribution in [0.5, 0.6) is 0 Å². The van der Waals surface area contributed by atoms with E-state index in [1.807, 2.05) is 0 Å². The summed E-state index contributed by atoms with van der Waals surface area (Å²) in [6.07, 6.45) is 2.22. The molecule has 0 radical (unpaired) electrons. The molecule has 2 nitrogen and oxygen atoms in total. The predicted molar refractivity (Wildman–Crippen MR) is 123 cm³/mol. The molecule has 0 unspecified atom stereocenters. The van der Waals surface area contributed by atoms with E-state index in [0.717, 1.165) is 0 Å². The molecule has 0 aliphatic rings. The summed E-state index contributed by atoms with van der Waals surface area (Å²) in [7, 11) is 2.18. The molecule has 0 spiro atoms. The van der Waals surface area contributed by atoms with Crippen molar-refractivity contribution in [3.8, 4) is 0 Å². The number of hydrogen-bond acceptors (Lipinski definition) is 0. The van der Waals surface area contributed by atoms with Crippen LogP contribution in [0.1, 0.15) is 36.5 Å². The number of nitrogens with zero attached hydrogens (tertiary/aromatic N) is 2. The van der Waals surface area contributed by atoms with Crippen molar-refractivity contribution in [1.29, 1.82) is 0 Å². The number of benzene rings is 3. The Hall–Kier alpha value is -3.13. The summed E-state index contributed by atoms with van der Waals surface area (Å²) in [5.74, 6) is 0.492. The van der Waals surface area contributed by atoms with Gasteiger partial charge in [0.2, 0.25) is 5.52 Å². The molecule has 6 aromatic rings. The molecular formula is C27H25N2+. The molecule has 0 aliphatic carbocycles. The molecule has 0 aliphatic heterocycles. The van der Waals surface area contributed by atoms with Gasteiger partial charge in [-0.15, -0.1) is 0 Å². The van der Waals surface area contributed by atoms with Gasteiger partial charge < -0.3 is 4.40 Å². The zero-order valence-corrected chi connectivity index (χ0v) is 17.7. The van der Waals surface area contributed by atoms with Crippen molar-refractivity contribution in [3.05, 3.63) is 71.4 Å². The Morgan fingerprint density at radius 2 is 1.59 bits per heavy atom. The number of fused-ring (bicyclic) bond motifs is 5. The highest BCUT2D eigenvalue weighted by Crippen LogP contribution is 2.42. The van der Waals surface area contributed by atoms with Crippen LogP contribution in [-0.4, -0.2) is 4.40 Å². The van der Waals surface area contributed by atoms with E-state index in [0.29, 0.717) is 5.92 Å². The SMILES string of the molecule is Cc1cc(C)c2c3c1c1ccccc1n3c1cc(C(C)C)cc3cc[n+](C)c2c31. The Balaban J connectivity index is 2.11. The Kier molecular flexibility index (Phi) is 3.17. The van der Waals surface area contributed by atoms with Gasteiger partial charge in [0.25, 0.3) is 0 Å². The van der Waals surface area contributed by atoms with Crippen LogP contribution < -0.4 is 4.57 Å². The average Bonchev–Trinajstić information content (AvgIpc) is 3.05. The minimum Gasteiger partial charge on any atom is -0.307 e. The highest BCUT2D eigenvalue weighted by atomic mass is 15.0. The normalized spacial score (nSPS) is 12.6. The van der Waals surface area contributed by atoms with Crippen LogP contribution in [0.4, 0.5) is 0 Å². The Morgan fingerprint density at radius 3 is 2.38 bits per heavy atom. The van der Waals surface area contributed by atoms with Crippen LogP contribution in [-0.2, 0) is 7.05 Å². The van der Waals surface area contributed by atoms with E-state index in [4.69, 9.17) is 0 Å². The highest BCUT2D eigenvalue weighted by Gasteiger charge is 2.25. The van der Waals surface area contributed by atoms with Gasteiger partial charge in [-0.05, 0) is 54.0 Å². The summed E-state index contributed by atoms with van der Waals surface area (Å²) in [5, 5.41) is 6.80. The molecule has 29 heavy (non-hydrogen) atoms. The quantitative estimate of drug-likeness (QED) is 0.174. The third-order valence-electron chi connectivity index (χ3n) is 6.72. The van der Waals surface area contributed by atoms with Gasteiger partial charge in [-0.3, -0.25) is 0 Å². The first kappa shape index (κ1) is 16.8. The van der Waals surface area contributed by atoms with Crippen molar-refractivity contribution < 1.29 is 4.57 Å². The van der Waals surface area contributed by atoms with E-state index in [9.17, 15) is 0 Å². The fourth-order valence-electron chi connectivity index (χ4n) is 5.40. The van der Waals surface area contributed by atoms with Gasteiger partial charge >= 0.3 is 0 Å². The minimum atomic E-state index is 0.492. The molecular weight excluding hydrogens is 352 g/mol. The number of aromatic nitrogens is 2. The van der Waals surface area contributed by atoms with E-state index in [1.54, 1.807) is 0 Å². The van der Waals surface area contributed by atoms with Gasteiger partial charge in [0.1, 0.15) is 7.05 Å². The van der Waals surface area contributed by atoms with Crippen LogP contribution >= 0.6 is 0 Å². The van der Waals surface area contributed by atoms with E-state index >= 15 is 0 Å². The maximum Gasteiger partial charge on any atom is 0.224 e. The molecule has 0 N–H and O–H groups in total. The molecule has 3 aromatic heterocycles. The predicted octanol–water partition coefficient (Wildman–Crippen LogP) is 6.55. The summed E-state index contributed by atoms with van der Waals surface area (Å²) in [5.41, 5.74) is 9.42. The van der Waals surface area contributed by atoms with Crippen molar-refractivity contribution >= 4 is 49.0 Å². The maximum atomic E-state index is 2.53. The van der Waals surface area contributed by atoms with Crippen LogP contribution in [0.25, 0.3) is 49.0 Å². The molecule has 142 valence electrons. The van der Waals surface area contributed by atoms with Gasteiger partial charge in [-0.2, -0.15) is 0 Å². The molecule has 2 heteroatoms. The van der Waals surface area contributed by atoms with Crippen molar-refractivity contribution in [2.75, 3.05) is 0 Å². The molecule has 0 fully saturated rings. The van der Waals surface area contributed by atoms with Gasteiger partial charge in [0.05, 0.1) is 27.3 Å². The molecule has 6 rings (SSSR count). The number of hydrogen-bond donors (Lipinski definition) is 0. The van der Waals surface area contributed by atoms with Crippen LogP contribution in [0.2, 0.25) is 0 Å². The van der Waals surface area contributed by atoms with Crippen molar-refractivity contribution in [2.24, 2.45) is 7.05 Å². The van der Waals surface area contributed by atoms with Gasteiger partial charge in [-0.25, -0.2) is 4.57 Å². The first-order chi connectivity index (χ1) is 14.0. The number of pyridine rings is 2. The van der Waals surface area contributed by atoms with Crippen LogP contribution in [0.15, 0.2) is 54.7 Å². The monoisotopic (exact) mass is 377 g/mol. The lowest BCUT2D eigenvalue weighted by Gasteiger charge is -2.16. The lowest BCUT2D eigenvalue weighted by atomic mass is 9.94. The van der Waals surface area contributed by atoms with Gasteiger partial charge in [0, 0.05) is 16.8 Å². The summed E-state index contributed by atoms with van der Waals surface area (Å²) in [6.45, 7) is 9.08. The van der Waals surface area contributed by atoms with E-state index in [-0.39, 0.29) is 0 Å². The average molecular weight is 378 g/mol. The molecule has 0 saturated heterocycles. The summed E-state index contributed by atoms with van der Waals surface area (Å²) >= 11 is 0. The van der Waals surface area contributed by atoms with Gasteiger partial charge in [0.15, 0.2) is 6.20 Å². The second kappa shape index (κ2) is 5.48. The molecule has 0 bridgehead atoms. The Bertz CT molecular complexity index is 1600. The van der Waals surface area contributed by atoms with Crippen LogP contribution in [0, 0.1) is 13.8 Å². The fourth-order valence-corrected chi connectivity index (χ4v) is 5.40. The fraction of sp³-hybridized carbons (Fsp3) is 0.222. The van der Waals surface area contributed by atoms with Gasteiger partial charge in [-0.1, -0.05) is 44.2 Å². The Morgan fingerprint density at radius 1 is 0.828 bits per heavy atom. The van der Waals surface area contributed by atoms with Crippen molar-refractivity contribution in [2.45, 2.75) is 33.6 Å². The van der Waals surface area contributed by atoms with Crippen LogP contribution in [0.3, 0.4) is 0 Å². The summed E-state index contributed by atoms with van der Waals surface area (Å²) < 4.78 is 4.83. The summed E-state index contributed by atoms with van der Waals surface area (Å²) in [6, 6.07) is 18.3. The third kappa shape index (κ3) is 1.99. The standard InChI is InChI=1S/C27H25N2/c1-15(2)19-13-18-10-11-28(5)26-24-17(4)12-16(3)23-20-8-6-7-9-21(20)29(27(23)24)22(14-19)25(18)26/h6-15H,1-5H3/q+1. The smallest absolute Gasteiger partial charge is 0.224 e. The largest absolute Gasteiger partial charge is 0.307 e. The maximum absolute atomic E-state index is 2.53. The van der Waals surface area contributed by atoms with Crippen molar-refractivity contribution in [1.82, 2.24) is 4.40 Å². The van der Waals surface area contributed by atoms with E-state index < -0.39 is 0 Å². The molecule has 0 atom stereocenters. The minimum absolute atomic E-state index is 0.492. The second-order valence-corrected chi connectivity index (χ2v) is 8.90. The number of aryl methyl sites for hydroxylation is 3. The highest BCUT2D eigenvalue weighted by molar-refractivity contribution is 6.26. The van der Waals surface area contributed by atoms with E-state index in [2.05, 4.69) is 98.4 Å². The molecule has 0 saturated carbocycles. The molecule has 3 heterocycles. The first-order valence-corrected chi connectivity index (χ1v) is 10.5. The van der Waals surface area contributed by atoms with Crippen molar-refractivity contribution in [3.63, 3.8) is 0 Å². The molecule has 0 amide bonds. The number of para-hydroxylation sites is 1. The lowest BCUT2D eigenvalue weighted by Crippen LogP contribution is -2.29. The second-order valence-electron chi connectivity index (χ2n) is 8.90. The first-order valence-electron chi connectivity index (χ1n) is 10.5. The summed E-state index contributed by atoms with van der Waals surface area (Å²) in [4.78, 5) is 0. The molecule has 3 aromatic carbocycles. The third-order valence-corrected chi connectivity index (χ3v) is 6.72. The number of rotatable bonds is 1. The zero-order valence-electron chi connectivity index (χ0n) is 17.7. The van der Waals surface area contributed by atoms with E-state index in [1.165, 1.54) is 65.7 Å². The zero-order chi connectivity index (χ0) is 20.0. The topological polar surface area (TPSA) is 8.29 Å². The Labute approximate surface area is 170 Å².